The Morgan fingerprint density at radius 2 is 1.64 bits per heavy atom. The summed E-state index contributed by atoms with van der Waals surface area (Å²) in [7, 11) is -4.20. The second-order valence-corrected chi connectivity index (χ2v) is 8.52. The fourth-order valence-electron chi connectivity index (χ4n) is 2.86. The maximum absolute atomic E-state index is 14.3. The van der Waals surface area contributed by atoms with E-state index < -0.39 is 38.6 Å². The predicted octanol–water partition coefficient (Wildman–Crippen LogP) is 5.59. The highest BCUT2D eigenvalue weighted by atomic mass is 35.5. The number of alkyl halides is 2. The van der Waals surface area contributed by atoms with Crippen LogP contribution >= 0.6 is 11.6 Å². The Hall–Kier alpha value is -2.39. The first-order valence-corrected chi connectivity index (χ1v) is 10.0. The summed E-state index contributed by atoms with van der Waals surface area (Å²) in [5.41, 5.74) is 0.191. The van der Waals surface area contributed by atoms with Gasteiger partial charge in [0.05, 0.1) is 5.56 Å². The van der Waals surface area contributed by atoms with Gasteiger partial charge in [-0.1, -0.05) is 16.8 Å². The summed E-state index contributed by atoms with van der Waals surface area (Å²) in [6.07, 6.45) is -2.49. The van der Waals surface area contributed by atoms with Crippen molar-refractivity contribution in [3.63, 3.8) is 0 Å². The van der Waals surface area contributed by atoms with E-state index in [9.17, 15) is 26.0 Å². The molecule has 0 saturated heterocycles. The van der Waals surface area contributed by atoms with Gasteiger partial charge in [-0.2, -0.15) is 0 Å². The van der Waals surface area contributed by atoms with Gasteiger partial charge in [0, 0.05) is 16.8 Å². The number of rotatable bonds is 4. The van der Waals surface area contributed by atoms with Crippen LogP contribution in [-0.4, -0.2) is 19.8 Å². The molecular weight excluding hydrogens is 422 g/mol. The molecule has 28 heavy (non-hydrogen) atoms. The number of hydrogen-bond acceptors (Lipinski definition) is 4. The quantitative estimate of drug-likeness (QED) is 0.503. The van der Waals surface area contributed by atoms with Crippen molar-refractivity contribution in [3.8, 4) is 22.4 Å². The lowest BCUT2D eigenvalue weighted by Crippen LogP contribution is -2.05. The summed E-state index contributed by atoms with van der Waals surface area (Å²) in [6.45, 7) is 1.71. The molecular formula is C18H12ClF4NO3S. The number of nitrogens with zero attached hydrogens (tertiary/aromatic N) is 1. The Morgan fingerprint density at radius 1 is 1.04 bits per heavy atom. The van der Waals surface area contributed by atoms with Crippen molar-refractivity contribution in [2.45, 2.75) is 18.2 Å². The summed E-state index contributed by atoms with van der Waals surface area (Å²) < 4.78 is 83.3. The molecule has 3 rings (SSSR count). The van der Waals surface area contributed by atoms with Gasteiger partial charge < -0.3 is 4.52 Å². The van der Waals surface area contributed by atoms with Crippen LogP contribution in [0.2, 0.25) is 5.02 Å². The number of aromatic nitrogens is 1. The van der Waals surface area contributed by atoms with Gasteiger partial charge in [-0.05, 0) is 48.4 Å². The predicted molar refractivity (Wildman–Crippen MR) is 95.1 cm³/mol. The molecule has 0 aliphatic heterocycles. The summed E-state index contributed by atoms with van der Waals surface area (Å²) in [6, 6.07) is 5.94. The second kappa shape index (κ2) is 7.21. The van der Waals surface area contributed by atoms with Gasteiger partial charge in [-0.3, -0.25) is 0 Å². The van der Waals surface area contributed by atoms with E-state index in [0.717, 1.165) is 0 Å². The number of sulfone groups is 1. The van der Waals surface area contributed by atoms with Crippen molar-refractivity contribution in [3.05, 3.63) is 58.3 Å². The van der Waals surface area contributed by atoms with Crippen LogP contribution in [0.15, 0.2) is 39.8 Å². The molecule has 10 heteroatoms. The van der Waals surface area contributed by atoms with E-state index in [1.807, 2.05) is 0 Å². The molecule has 2 aromatic carbocycles. The Balaban J connectivity index is 2.31. The van der Waals surface area contributed by atoms with E-state index in [2.05, 4.69) is 5.16 Å². The number of aryl methyl sites for hydroxylation is 1. The minimum absolute atomic E-state index is 0.105. The molecule has 0 fully saturated rings. The first-order chi connectivity index (χ1) is 13.0. The number of halogens is 5. The van der Waals surface area contributed by atoms with Crippen LogP contribution in [0, 0.1) is 18.6 Å². The van der Waals surface area contributed by atoms with E-state index in [1.165, 1.54) is 6.07 Å². The van der Waals surface area contributed by atoms with Crippen LogP contribution in [0.25, 0.3) is 22.4 Å². The Kier molecular flexibility index (Phi) is 5.24. The smallest absolute Gasteiger partial charge is 0.298 e. The zero-order valence-electron chi connectivity index (χ0n) is 14.4. The molecule has 3 aromatic rings. The minimum Gasteiger partial charge on any atom is -0.354 e. The van der Waals surface area contributed by atoms with Crippen molar-refractivity contribution >= 4 is 21.4 Å². The molecule has 1 aromatic heterocycles. The molecule has 0 amide bonds. The van der Waals surface area contributed by atoms with E-state index in [4.69, 9.17) is 16.1 Å². The van der Waals surface area contributed by atoms with Crippen LogP contribution in [0.3, 0.4) is 0 Å². The summed E-state index contributed by atoms with van der Waals surface area (Å²) in [5.74, 6) is -3.72. The van der Waals surface area contributed by atoms with Gasteiger partial charge in [-0.15, -0.1) is 0 Å². The Bertz CT molecular complexity index is 1130. The van der Waals surface area contributed by atoms with Gasteiger partial charge in [0.15, 0.2) is 9.84 Å². The molecule has 0 N–H and O–H groups in total. The molecule has 0 radical (unpaired) electrons. The van der Waals surface area contributed by atoms with Crippen molar-refractivity contribution in [2.75, 3.05) is 6.26 Å². The summed E-state index contributed by atoms with van der Waals surface area (Å²) in [5, 5.41) is 3.92. The third kappa shape index (κ3) is 3.77. The molecule has 0 spiro atoms. The standard InChI is InChI=1S/C18H12ClF4NO3S/c1-8-3-10(5-11(19)4-8)15-14(16(18(22)23)27-24-15)9-6-12(20)17(13(21)7-9)28(2,25)26/h3-7,18H,1-2H3. The fraction of sp³-hybridized carbons (Fsp3) is 0.167. The Labute approximate surface area is 162 Å². The van der Waals surface area contributed by atoms with Crippen molar-refractivity contribution in [2.24, 2.45) is 0 Å². The first-order valence-electron chi connectivity index (χ1n) is 7.73. The highest BCUT2D eigenvalue weighted by molar-refractivity contribution is 7.90. The lowest BCUT2D eigenvalue weighted by molar-refractivity contribution is 0.113. The fourth-order valence-corrected chi connectivity index (χ4v) is 3.98. The third-order valence-electron chi connectivity index (χ3n) is 3.89. The summed E-state index contributed by atoms with van der Waals surface area (Å²) in [4.78, 5) is -1.15. The zero-order chi connectivity index (χ0) is 20.8. The van der Waals surface area contributed by atoms with Crippen molar-refractivity contribution in [1.29, 1.82) is 0 Å². The SMILES string of the molecule is Cc1cc(Cl)cc(-c2noc(C(F)F)c2-c2cc(F)c(S(C)(=O)=O)c(F)c2)c1. The Morgan fingerprint density at radius 3 is 2.14 bits per heavy atom. The van der Waals surface area contributed by atoms with Crippen LogP contribution in [-0.2, 0) is 9.84 Å². The maximum Gasteiger partial charge on any atom is 0.298 e. The van der Waals surface area contributed by atoms with Gasteiger partial charge in [0.25, 0.3) is 6.43 Å². The van der Waals surface area contributed by atoms with Crippen molar-refractivity contribution in [1.82, 2.24) is 5.16 Å². The molecule has 0 aliphatic carbocycles. The minimum atomic E-state index is -4.20. The van der Waals surface area contributed by atoms with Gasteiger partial charge >= 0.3 is 0 Å². The number of benzene rings is 2. The van der Waals surface area contributed by atoms with Crippen molar-refractivity contribution < 1.29 is 30.5 Å². The normalized spacial score (nSPS) is 12.0. The molecule has 1 heterocycles. The first kappa shape index (κ1) is 20.3. The largest absolute Gasteiger partial charge is 0.354 e. The molecule has 0 saturated carbocycles. The van der Waals surface area contributed by atoms with Gasteiger partial charge in [0.1, 0.15) is 22.2 Å². The van der Waals surface area contributed by atoms with E-state index in [0.29, 0.717) is 34.5 Å². The topological polar surface area (TPSA) is 60.2 Å². The zero-order valence-corrected chi connectivity index (χ0v) is 16.0. The maximum atomic E-state index is 14.3. The second-order valence-electron chi connectivity index (χ2n) is 6.13. The van der Waals surface area contributed by atoms with Crippen LogP contribution in [0.4, 0.5) is 17.6 Å². The van der Waals surface area contributed by atoms with E-state index in [1.54, 1.807) is 19.1 Å². The lowest BCUT2D eigenvalue weighted by atomic mass is 9.98. The highest BCUT2D eigenvalue weighted by Gasteiger charge is 2.29. The van der Waals surface area contributed by atoms with E-state index >= 15 is 0 Å². The number of hydrogen-bond donors (Lipinski definition) is 0. The van der Waals surface area contributed by atoms with Gasteiger partial charge in [-0.25, -0.2) is 26.0 Å². The molecule has 0 unspecified atom stereocenters. The van der Waals surface area contributed by atoms with Crippen LogP contribution in [0.5, 0.6) is 0 Å². The monoisotopic (exact) mass is 433 g/mol. The molecule has 0 bridgehead atoms. The average molecular weight is 434 g/mol. The lowest BCUT2D eigenvalue weighted by Gasteiger charge is -2.09. The van der Waals surface area contributed by atoms with E-state index in [-0.39, 0.29) is 16.8 Å². The molecule has 4 nitrogen and oxygen atoms in total. The van der Waals surface area contributed by atoms with Gasteiger partial charge in [0.2, 0.25) is 5.76 Å². The highest BCUT2D eigenvalue weighted by Crippen LogP contribution is 2.41. The molecule has 0 atom stereocenters. The third-order valence-corrected chi connectivity index (χ3v) is 5.24. The molecule has 148 valence electrons. The average Bonchev–Trinajstić information content (AvgIpc) is 2.96. The van der Waals surface area contributed by atoms with Crippen LogP contribution < -0.4 is 0 Å². The summed E-state index contributed by atoms with van der Waals surface area (Å²) >= 11 is 6.00. The molecule has 0 aliphatic rings. The van der Waals surface area contributed by atoms with Crippen LogP contribution in [0.1, 0.15) is 17.7 Å².